The standard InChI is InChI=1S/C27H24ClN3O3/c1-2-34-26(33)23-24(19-12-6-7-13-20(19)28)31-22-15-9-8-14-21(22)29-27(31)30(25(23)32)17-16-18-10-4-3-5-11-18/h3-15,23-24H,2,16-17H2,1H3/t23-,24+/m0/s1. The Balaban J connectivity index is 1.70. The molecule has 7 heteroatoms. The molecule has 0 aliphatic carbocycles. The van der Waals surface area contributed by atoms with Crippen LogP contribution in [0.5, 0.6) is 0 Å². The Morgan fingerprint density at radius 2 is 1.71 bits per heavy atom. The Labute approximate surface area is 202 Å². The quantitative estimate of drug-likeness (QED) is 0.290. The Morgan fingerprint density at radius 3 is 2.47 bits per heavy atom. The molecule has 6 nitrogen and oxygen atoms in total. The van der Waals surface area contributed by atoms with Gasteiger partial charge in [0.15, 0.2) is 5.92 Å². The van der Waals surface area contributed by atoms with E-state index in [4.69, 9.17) is 21.3 Å². The molecule has 5 rings (SSSR count). The van der Waals surface area contributed by atoms with Gasteiger partial charge in [-0.25, -0.2) is 4.98 Å². The van der Waals surface area contributed by atoms with Crippen molar-refractivity contribution < 1.29 is 14.3 Å². The van der Waals surface area contributed by atoms with Crippen LogP contribution in [0.1, 0.15) is 24.1 Å². The van der Waals surface area contributed by atoms with Crippen molar-refractivity contribution in [2.24, 2.45) is 5.92 Å². The molecule has 0 spiro atoms. The van der Waals surface area contributed by atoms with E-state index in [9.17, 15) is 9.59 Å². The first kappa shape index (κ1) is 22.2. The van der Waals surface area contributed by atoms with Crippen molar-refractivity contribution in [1.82, 2.24) is 9.55 Å². The van der Waals surface area contributed by atoms with Gasteiger partial charge in [-0.3, -0.25) is 14.5 Å². The van der Waals surface area contributed by atoms with Crippen LogP contribution in [0.25, 0.3) is 11.0 Å². The van der Waals surface area contributed by atoms with Gasteiger partial charge in [0.05, 0.1) is 23.7 Å². The van der Waals surface area contributed by atoms with E-state index in [0.29, 0.717) is 29.5 Å². The van der Waals surface area contributed by atoms with E-state index in [1.165, 1.54) is 0 Å². The zero-order valence-corrected chi connectivity index (χ0v) is 19.5. The average molecular weight is 474 g/mol. The predicted octanol–water partition coefficient (Wildman–Crippen LogP) is 5.05. The second-order valence-corrected chi connectivity index (χ2v) is 8.60. The predicted molar refractivity (Wildman–Crippen MR) is 132 cm³/mol. The number of carbonyl (C=O) groups excluding carboxylic acids is 2. The summed E-state index contributed by atoms with van der Waals surface area (Å²) in [5.74, 6) is -1.47. The molecule has 0 unspecified atom stereocenters. The largest absolute Gasteiger partial charge is 0.465 e. The van der Waals surface area contributed by atoms with E-state index in [2.05, 4.69) is 0 Å². The highest BCUT2D eigenvalue weighted by atomic mass is 35.5. The number of halogens is 1. The van der Waals surface area contributed by atoms with E-state index in [1.807, 2.05) is 77.4 Å². The molecule has 0 fully saturated rings. The van der Waals surface area contributed by atoms with Crippen molar-refractivity contribution in [2.75, 3.05) is 18.1 Å². The summed E-state index contributed by atoms with van der Waals surface area (Å²) < 4.78 is 7.36. The minimum Gasteiger partial charge on any atom is -0.465 e. The van der Waals surface area contributed by atoms with E-state index in [-0.39, 0.29) is 12.5 Å². The number of nitrogens with zero attached hydrogens (tertiary/aromatic N) is 3. The molecule has 0 saturated carbocycles. The second kappa shape index (κ2) is 9.31. The molecule has 0 bridgehead atoms. The SMILES string of the molecule is CCOC(=O)[C@@H]1C(=O)N(CCc2ccccc2)c2nc3ccccc3n2[C@@H]1c1ccccc1Cl. The number of carbonyl (C=O) groups is 2. The lowest BCUT2D eigenvalue weighted by atomic mass is 9.89. The Hall–Kier alpha value is -3.64. The van der Waals surface area contributed by atoms with Gasteiger partial charge in [0, 0.05) is 11.6 Å². The van der Waals surface area contributed by atoms with Crippen LogP contribution in [0.2, 0.25) is 5.02 Å². The Bertz CT molecular complexity index is 1350. The Kier molecular flexibility index (Phi) is 6.07. The minimum atomic E-state index is -1.08. The van der Waals surface area contributed by atoms with E-state index in [0.717, 1.165) is 16.6 Å². The third kappa shape index (κ3) is 3.84. The van der Waals surface area contributed by atoms with Gasteiger partial charge in [-0.1, -0.05) is 72.3 Å². The monoisotopic (exact) mass is 473 g/mol. The number of rotatable bonds is 6. The number of imidazole rings is 1. The molecular formula is C27H24ClN3O3. The third-order valence-corrected chi connectivity index (χ3v) is 6.52. The topological polar surface area (TPSA) is 64.4 Å². The number of amides is 1. The molecule has 2 heterocycles. The van der Waals surface area contributed by atoms with Gasteiger partial charge < -0.3 is 9.30 Å². The first-order valence-corrected chi connectivity index (χ1v) is 11.7. The number of ether oxygens (including phenoxy) is 1. The summed E-state index contributed by atoms with van der Waals surface area (Å²) in [7, 11) is 0. The van der Waals surface area contributed by atoms with Gasteiger partial charge in [0.25, 0.3) is 0 Å². The summed E-state index contributed by atoms with van der Waals surface area (Å²) in [4.78, 5) is 33.6. The van der Waals surface area contributed by atoms with Crippen molar-refractivity contribution in [3.05, 3.63) is 95.0 Å². The summed E-state index contributed by atoms with van der Waals surface area (Å²) in [6, 6.07) is 24.3. The van der Waals surface area contributed by atoms with Gasteiger partial charge in [-0.15, -0.1) is 0 Å². The third-order valence-electron chi connectivity index (χ3n) is 6.18. The number of benzene rings is 3. The maximum atomic E-state index is 13.9. The van der Waals surface area contributed by atoms with Crippen LogP contribution in [0.3, 0.4) is 0 Å². The molecule has 0 radical (unpaired) electrons. The van der Waals surface area contributed by atoms with Gasteiger partial charge in [-0.05, 0) is 42.7 Å². The van der Waals surface area contributed by atoms with Gasteiger partial charge in [0.2, 0.25) is 11.9 Å². The summed E-state index contributed by atoms with van der Waals surface area (Å²) in [5, 5.41) is 0.482. The zero-order chi connectivity index (χ0) is 23.7. The summed E-state index contributed by atoms with van der Waals surface area (Å²) in [6.45, 7) is 2.30. The van der Waals surface area contributed by atoms with Crippen LogP contribution in [0.4, 0.5) is 5.95 Å². The van der Waals surface area contributed by atoms with Crippen molar-refractivity contribution in [1.29, 1.82) is 0 Å². The van der Waals surface area contributed by atoms with Crippen molar-refractivity contribution in [2.45, 2.75) is 19.4 Å². The highest BCUT2D eigenvalue weighted by molar-refractivity contribution is 6.31. The number of fused-ring (bicyclic) bond motifs is 3. The number of hydrogen-bond acceptors (Lipinski definition) is 4. The highest BCUT2D eigenvalue weighted by Gasteiger charge is 2.48. The maximum absolute atomic E-state index is 13.9. The van der Waals surface area contributed by atoms with Crippen molar-refractivity contribution in [3.63, 3.8) is 0 Å². The smallest absolute Gasteiger partial charge is 0.321 e. The number of aromatic nitrogens is 2. The number of hydrogen-bond donors (Lipinski definition) is 0. The molecule has 1 aromatic heterocycles. The molecule has 1 aliphatic rings. The molecule has 1 aliphatic heterocycles. The van der Waals surface area contributed by atoms with Gasteiger partial charge in [0.1, 0.15) is 0 Å². The fourth-order valence-corrected chi connectivity index (χ4v) is 4.89. The molecule has 172 valence electrons. The van der Waals surface area contributed by atoms with Crippen LogP contribution >= 0.6 is 11.6 Å². The molecule has 34 heavy (non-hydrogen) atoms. The maximum Gasteiger partial charge on any atom is 0.321 e. The molecular weight excluding hydrogens is 450 g/mol. The molecule has 4 aromatic rings. The van der Waals surface area contributed by atoms with Crippen LogP contribution in [0, 0.1) is 5.92 Å². The first-order chi connectivity index (χ1) is 16.6. The lowest BCUT2D eigenvalue weighted by molar-refractivity contribution is -0.153. The molecule has 3 aromatic carbocycles. The fourth-order valence-electron chi connectivity index (χ4n) is 4.64. The highest BCUT2D eigenvalue weighted by Crippen LogP contribution is 2.43. The first-order valence-electron chi connectivity index (χ1n) is 11.3. The summed E-state index contributed by atoms with van der Waals surface area (Å²) in [6.07, 6.45) is 0.627. The van der Waals surface area contributed by atoms with Gasteiger partial charge >= 0.3 is 5.97 Å². The fraction of sp³-hybridized carbons (Fsp3) is 0.222. The number of para-hydroxylation sites is 2. The van der Waals surface area contributed by atoms with E-state index >= 15 is 0 Å². The lowest BCUT2D eigenvalue weighted by Crippen LogP contribution is -2.50. The van der Waals surface area contributed by atoms with E-state index in [1.54, 1.807) is 17.9 Å². The van der Waals surface area contributed by atoms with Crippen molar-refractivity contribution in [3.8, 4) is 0 Å². The minimum absolute atomic E-state index is 0.180. The molecule has 0 N–H and O–H groups in total. The van der Waals surface area contributed by atoms with Gasteiger partial charge in [-0.2, -0.15) is 0 Å². The lowest BCUT2D eigenvalue weighted by Gasteiger charge is -2.38. The van der Waals surface area contributed by atoms with Crippen LogP contribution in [0.15, 0.2) is 78.9 Å². The summed E-state index contributed by atoms with van der Waals surface area (Å²) >= 11 is 6.60. The van der Waals surface area contributed by atoms with Crippen LogP contribution in [-0.4, -0.2) is 34.6 Å². The Morgan fingerprint density at radius 1 is 1.00 bits per heavy atom. The molecule has 0 saturated heterocycles. The zero-order valence-electron chi connectivity index (χ0n) is 18.7. The average Bonchev–Trinajstić information content (AvgIpc) is 3.23. The normalized spacial score (nSPS) is 17.6. The van der Waals surface area contributed by atoms with Crippen LogP contribution in [-0.2, 0) is 20.7 Å². The van der Waals surface area contributed by atoms with E-state index < -0.39 is 17.9 Å². The van der Waals surface area contributed by atoms with Crippen molar-refractivity contribution >= 4 is 40.5 Å². The second-order valence-electron chi connectivity index (χ2n) is 8.19. The molecule has 2 atom stereocenters. The number of esters is 1. The van der Waals surface area contributed by atoms with Crippen LogP contribution < -0.4 is 4.90 Å². The summed E-state index contributed by atoms with van der Waals surface area (Å²) in [5.41, 5.74) is 3.35. The molecule has 1 amide bonds. The number of anilines is 1.